The second-order valence-corrected chi connectivity index (χ2v) is 6.10. The summed E-state index contributed by atoms with van der Waals surface area (Å²) >= 11 is 5.88. The normalized spacial score (nSPS) is 11.0. The third-order valence-corrected chi connectivity index (χ3v) is 3.94. The number of guanidine groups is 1. The van der Waals surface area contributed by atoms with E-state index in [2.05, 4.69) is 25.8 Å². The third kappa shape index (κ3) is 6.16. The Bertz CT molecular complexity index is 917. The Kier molecular flexibility index (Phi) is 8.65. The second-order valence-electron chi connectivity index (χ2n) is 5.66. The third-order valence-electron chi connectivity index (χ3n) is 3.69. The molecule has 3 rings (SSSR count). The Morgan fingerprint density at radius 2 is 1.89 bits per heavy atom. The summed E-state index contributed by atoms with van der Waals surface area (Å²) in [6.45, 7) is 3.14. The molecule has 0 aliphatic carbocycles. The lowest BCUT2D eigenvalue weighted by Crippen LogP contribution is -2.36. The summed E-state index contributed by atoms with van der Waals surface area (Å²) in [5, 5.41) is 10.8. The summed E-state index contributed by atoms with van der Waals surface area (Å²) in [4.78, 5) is 8.73. The fourth-order valence-electron chi connectivity index (χ4n) is 2.33. The van der Waals surface area contributed by atoms with Gasteiger partial charge in [0.2, 0.25) is 11.7 Å². The Morgan fingerprint density at radius 1 is 1.14 bits per heavy atom. The SMILES string of the molecule is CCNC(=NCc1ccccc1F)NCc1nc(-c2ccc(Cl)cc2)no1.I. The average Bonchev–Trinajstić information content (AvgIpc) is 3.15. The number of nitrogens with one attached hydrogen (secondary N) is 2. The molecule has 6 nitrogen and oxygen atoms in total. The molecular formula is C19H20ClFIN5O. The van der Waals surface area contributed by atoms with E-state index in [1.807, 2.05) is 19.1 Å². The first-order valence-corrected chi connectivity index (χ1v) is 8.87. The predicted molar refractivity (Wildman–Crippen MR) is 118 cm³/mol. The zero-order chi connectivity index (χ0) is 19.1. The summed E-state index contributed by atoms with van der Waals surface area (Å²) in [5.74, 6) is 1.15. The summed E-state index contributed by atoms with van der Waals surface area (Å²) in [7, 11) is 0. The van der Waals surface area contributed by atoms with Crippen molar-refractivity contribution in [3.8, 4) is 11.4 Å². The van der Waals surface area contributed by atoms with E-state index in [9.17, 15) is 4.39 Å². The highest BCUT2D eigenvalue weighted by Gasteiger charge is 2.09. The standard InChI is InChI=1S/C19H19ClFN5O.HI/c1-2-22-19(23-11-14-5-3-4-6-16(14)21)24-12-17-25-18(26-27-17)13-7-9-15(20)10-8-13;/h3-10H,2,11-12H2,1H3,(H2,22,23,24);1H. The topological polar surface area (TPSA) is 75.3 Å². The molecule has 0 unspecified atom stereocenters. The van der Waals surface area contributed by atoms with Crippen molar-refractivity contribution in [3.63, 3.8) is 0 Å². The molecule has 28 heavy (non-hydrogen) atoms. The van der Waals surface area contributed by atoms with Gasteiger partial charge in [-0.3, -0.25) is 0 Å². The highest BCUT2D eigenvalue weighted by molar-refractivity contribution is 14.0. The van der Waals surface area contributed by atoms with Crippen molar-refractivity contribution in [3.05, 3.63) is 70.8 Å². The molecular weight excluding hydrogens is 496 g/mol. The molecule has 0 bridgehead atoms. The molecule has 0 aliphatic rings. The van der Waals surface area contributed by atoms with E-state index in [4.69, 9.17) is 16.1 Å². The van der Waals surface area contributed by atoms with Crippen molar-refractivity contribution in [2.45, 2.75) is 20.0 Å². The first kappa shape index (κ1) is 22.1. The number of hydrogen-bond acceptors (Lipinski definition) is 4. The van der Waals surface area contributed by atoms with Gasteiger partial charge in [0.05, 0.1) is 13.1 Å². The van der Waals surface area contributed by atoms with Gasteiger partial charge in [-0.25, -0.2) is 9.38 Å². The van der Waals surface area contributed by atoms with Crippen LogP contribution in [0.15, 0.2) is 58.0 Å². The minimum atomic E-state index is -0.276. The van der Waals surface area contributed by atoms with E-state index in [1.54, 1.807) is 30.3 Å². The van der Waals surface area contributed by atoms with Gasteiger partial charge in [-0.15, -0.1) is 24.0 Å². The van der Waals surface area contributed by atoms with Crippen LogP contribution in [0.1, 0.15) is 18.4 Å². The van der Waals surface area contributed by atoms with Crippen molar-refractivity contribution in [2.75, 3.05) is 6.54 Å². The molecule has 0 saturated carbocycles. The van der Waals surface area contributed by atoms with Gasteiger partial charge in [-0.05, 0) is 37.3 Å². The number of aromatic nitrogens is 2. The van der Waals surface area contributed by atoms with Crippen molar-refractivity contribution in [1.82, 2.24) is 20.8 Å². The largest absolute Gasteiger partial charge is 0.357 e. The van der Waals surface area contributed by atoms with E-state index in [1.165, 1.54) is 6.07 Å². The molecule has 1 aromatic heterocycles. The maximum Gasteiger partial charge on any atom is 0.246 e. The van der Waals surface area contributed by atoms with Crippen LogP contribution in [0, 0.1) is 5.82 Å². The summed E-state index contributed by atoms with van der Waals surface area (Å²) in [6, 6.07) is 13.7. The number of hydrogen-bond donors (Lipinski definition) is 2. The minimum Gasteiger partial charge on any atom is -0.357 e. The molecule has 148 valence electrons. The number of nitrogens with zero attached hydrogens (tertiary/aromatic N) is 3. The van der Waals surface area contributed by atoms with Crippen LogP contribution in [0.2, 0.25) is 5.02 Å². The molecule has 0 atom stereocenters. The van der Waals surface area contributed by atoms with Gasteiger partial charge in [-0.2, -0.15) is 4.98 Å². The second kappa shape index (κ2) is 11.0. The summed E-state index contributed by atoms with van der Waals surface area (Å²) in [6.07, 6.45) is 0. The minimum absolute atomic E-state index is 0. The van der Waals surface area contributed by atoms with Crippen LogP contribution < -0.4 is 10.6 Å². The molecule has 0 aliphatic heterocycles. The molecule has 2 N–H and O–H groups in total. The lowest BCUT2D eigenvalue weighted by Gasteiger charge is -2.09. The van der Waals surface area contributed by atoms with E-state index >= 15 is 0 Å². The predicted octanol–water partition coefficient (Wildman–Crippen LogP) is 4.40. The van der Waals surface area contributed by atoms with Crippen LogP contribution >= 0.6 is 35.6 Å². The Morgan fingerprint density at radius 3 is 2.61 bits per heavy atom. The van der Waals surface area contributed by atoms with Crippen LogP contribution in [0.25, 0.3) is 11.4 Å². The molecule has 0 saturated heterocycles. The van der Waals surface area contributed by atoms with Crippen LogP contribution in [-0.2, 0) is 13.1 Å². The van der Waals surface area contributed by atoms with Gasteiger partial charge in [-0.1, -0.05) is 35.0 Å². The molecule has 2 aromatic carbocycles. The van der Waals surface area contributed by atoms with Crippen LogP contribution in [0.5, 0.6) is 0 Å². The molecule has 1 heterocycles. The van der Waals surface area contributed by atoms with E-state index < -0.39 is 0 Å². The van der Waals surface area contributed by atoms with E-state index in [0.717, 1.165) is 5.56 Å². The highest BCUT2D eigenvalue weighted by Crippen LogP contribution is 2.18. The van der Waals surface area contributed by atoms with Gasteiger partial charge in [0.15, 0.2) is 5.96 Å². The smallest absolute Gasteiger partial charge is 0.246 e. The first-order valence-electron chi connectivity index (χ1n) is 8.50. The van der Waals surface area contributed by atoms with E-state index in [-0.39, 0.29) is 36.3 Å². The Labute approximate surface area is 184 Å². The summed E-state index contributed by atoms with van der Waals surface area (Å²) < 4.78 is 19.0. The molecule has 0 fully saturated rings. The molecule has 9 heteroatoms. The summed E-state index contributed by atoms with van der Waals surface area (Å²) in [5.41, 5.74) is 1.34. The van der Waals surface area contributed by atoms with Gasteiger partial charge < -0.3 is 15.2 Å². The molecule has 0 radical (unpaired) electrons. The zero-order valence-corrected chi connectivity index (χ0v) is 18.2. The average molecular weight is 516 g/mol. The Balaban J connectivity index is 0.00000280. The van der Waals surface area contributed by atoms with Crippen LogP contribution in [0.4, 0.5) is 4.39 Å². The van der Waals surface area contributed by atoms with Gasteiger partial charge in [0.25, 0.3) is 0 Å². The van der Waals surface area contributed by atoms with Gasteiger partial charge in [0.1, 0.15) is 5.82 Å². The fourth-order valence-corrected chi connectivity index (χ4v) is 2.46. The quantitative estimate of drug-likeness (QED) is 0.289. The molecule has 0 spiro atoms. The number of halogens is 3. The monoisotopic (exact) mass is 515 g/mol. The van der Waals surface area contributed by atoms with Crippen molar-refractivity contribution in [2.24, 2.45) is 4.99 Å². The Hall–Kier alpha value is -2.20. The lowest BCUT2D eigenvalue weighted by molar-refractivity contribution is 0.375. The maximum atomic E-state index is 13.7. The molecule has 0 amide bonds. The number of benzene rings is 2. The maximum absolute atomic E-state index is 13.7. The fraction of sp³-hybridized carbons (Fsp3) is 0.211. The molecule has 3 aromatic rings. The van der Waals surface area contributed by atoms with Crippen LogP contribution in [0.3, 0.4) is 0 Å². The lowest BCUT2D eigenvalue weighted by atomic mass is 10.2. The van der Waals surface area contributed by atoms with Crippen LogP contribution in [-0.4, -0.2) is 22.6 Å². The zero-order valence-electron chi connectivity index (χ0n) is 15.2. The number of rotatable bonds is 6. The first-order chi connectivity index (χ1) is 13.2. The van der Waals surface area contributed by atoms with Crippen molar-refractivity contribution in [1.29, 1.82) is 0 Å². The van der Waals surface area contributed by atoms with E-state index in [0.29, 0.717) is 41.4 Å². The van der Waals surface area contributed by atoms with Crippen molar-refractivity contribution < 1.29 is 8.91 Å². The van der Waals surface area contributed by atoms with Gasteiger partial charge in [0, 0.05) is 22.7 Å². The van der Waals surface area contributed by atoms with Crippen molar-refractivity contribution >= 4 is 41.5 Å². The van der Waals surface area contributed by atoms with Gasteiger partial charge >= 0.3 is 0 Å². The number of aliphatic imine (C=N–C) groups is 1. The highest BCUT2D eigenvalue weighted by atomic mass is 127.